The van der Waals surface area contributed by atoms with Crippen LogP contribution in [0.25, 0.3) is 11.0 Å². The summed E-state index contributed by atoms with van der Waals surface area (Å²) in [4.78, 5) is 16.7. The SMILES string of the molecule is Nc1ccc(NC(=O)c2c(Cl)ccc3c(Nc4cccc(C(F)(F)F)c4)noc23)cn1. The summed E-state index contributed by atoms with van der Waals surface area (Å²) in [5.74, 6) is -0.156. The average molecular weight is 448 g/mol. The molecule has 2 aromatic carbocycles. The van der Waals surface area contributed by atoms with Gasteiger partial charge >= 0.3 is 6.18 Å². The van der Waals surface area contributed by atoms with Crippen molar-refractivity contribution in [2.45, 2.75) is 6.18 Å². The van der Waals surface area contributed by atoms with Gasteiger partial charge in [-0.15, -0.1) is 0 Å². The van der Waals surface area contributed by atoms with Gasteiger partial charge in [0.2, 0.25) is 0 Å². The number of halogens is 4. The molecule has 4 aromatic rings. The quantitative estimate of drug-likeness (QED) is 0.383. The highest BCUT2D eigenvalue weighted by atomic mass is 35.5. The second-order valence-corrected chi connectivity index (χ2v) is 6.87. The van der Waals surface area contributed by atoms with E-state index in [-0.39, 0.29) is 27.7 Å². The number of nitrogens with one attached hydrogen (secondary N) is 2. The normalized spacial score (nSPS) is 11.5. The molecule has 158 valence electrons. The van der Waals surface area contributed by atoms with Crippen LogP contribution in [0.1, 0.15) is 15.9 Å². The summed E-state index contributed by atoms with van der Waals surface area (Å²) < 4.78 is 44.2. The predicted octanol–water partition coefficient (Wildman–Crippen LogP) is 5.47. The second kappa shape index (κ2) is 7.80. The number of rotatable bonds is 4. The smallest absolute Gasteiger partial charge is 0.384 e. The molecule has 4 N–H and O–H groups in total. The molecule has 31 heavy (non-hydrogen) atoms. The van der Waals surface area contributed by atoms with E-state index in [1.807, 2.05) is 0 Å². The number of hydrogen-bond acceptors (Lipinski definition) is 6. The third kappa shape index (κ3) is 4.24. The van der Waals surface area contributed by atoms with E-state index in [0.29, 0.717) is 16.9 Å². The number of anilines is 4. The minimum Gasteiger partial charge on any atom is -0.384 e. The van der Waals surface area contributed by atoms with Crippen molar-refractivity contribution < 1.29 is 22.5 Å². The molecule has 4 rings (SSSR count). The van der Waals surface area contributed by atoms with Crippen LogP contribution in [-0.2, 0) is 6.18 Å². The molecule has 0 aliphatic rings. The van der Waals surface area contributed by atoms with Gasteiger partial charge in [-0.2, -0.15) is 13.2 Å². The molecule has 7 nitrogen and oxygen atoms in total. The van der Waals surface area contributed by atoms with Crippen LogP contribution in [0, 0.1) is 0 Å². The van der Waals surface area contributed by atoms with E-state index in [9.17, 15) is 18.0 Å². The van der Waals surface area contributed by atoms with E-state index in [4.69, 9.17) is 21.9 Å². The van der Waals surface area contributed by atoms with E-state index in [0.717, 1.165) is 12.1 Å². The lowest BCUT2D eigenvalue weighted by Gasteiger charge is -2.09. The molecule has 0 bridgehead atoms. The first-order chi connectivity index (χ1) is 14.7. The van der Waals surface area contributed by atoms with Crippen LogP contribution in [0.4, 0.5) is 36.2 Å². The lowest BCUT2D eigenvalue weighted by Crippen LogP contribution is -2.13. The van der Waals surface area contributed by atoms with Gasteiger partial charge in [-0.3, -0.25) is 4.79 Å². The van der Waals surface area contributed by atoms with Gasteiger partial charge in [-0.1, -0.05) is 22.8 Å². The van der Waals surface area contributed by atoms with Crippen LogP contribution in [0.2, 0.25) is 5.02 Å². The van der Waals surface area contributed by atoms with Crippen molar-refractivity contribution in [3.63, 3.8) is 0 Å². The molecule has 11 heteroatoms. The minimum atomic E-state index is -4.49. The van der Waals surface area contributed by atoms with Gasteiger partial charge in [0, 0.05) is 5.69 Å². The maximum absolute atomic E-state index is 13.0. The van der Waals surface area contributed by atoms with E-state index in [1.54, 1.807) is 12.1 Å². The van der Waals surface area contributed by atoms with Gasteiger partial charge in [-0.25, -0.2) is 4.98 Å². The van der Waals surface area contributed by atoms with E-state index >= 15 is 0 Å². The third-order valence-electron chi connectivity index (χ3n) is 4.31. The molecule has 0 radical (unpaired) electrons. The molecule has 0 aliphatic heterocycles. The maximum Gasteiger partial charge on any atom is 0.416 e. The number of carbonyl (C=O) groups excluding carboxylic acids is 1. The zero-order valence-corrected chi connectivity index (χ0v) is 16.3. The average Bonchev–Trinajstić information content (AvgIpc) is 3.11. The molecule has 0 aliphatic carbocycles. The number of fused-ring (bicyclic) bond motifs is 1. The van der Waals surface area contributed by atoms with Gasteiger partial charge in [0.25, 0.3) is 5.91 Å². The third-order valence-corrected chi connectivity index (χ3v) is 4.63. The van der Waals surface area contributed by atoms with Crippen molar-refractivity contribution in [3.05, 3.63) is 70.9 Å². The van der Waals surface area contributed by atoms with E-state index < -0.39 is 17.6 Å². The van der Waals surface area contributed by atoms with Gasteiger partial charge in [0.1, 0.15) is 11.4 Å². The van der Waals surface area contributed by atoms with Gasteiger partial charge in [0.05, 0.1) is 27.9 Å². The van der Waals surface area contributed by atoms with Gasteiger partial charge in [-0.05, 0) is 42.5 Å². The van der Waals surface area contributed by atoms with Crippen LogP contribution in [-0.4, -0.2) is 16.0 Å². The topological polar surface area (TPSA) is 106 Å². The summed E-state index contributed by atoms with van der Waals surface area (Å²) in [6.45, 7) is 0. The number of nitrogens with two attached hydrogens (primary N) is 1. The number of carbonyl (C=O) groups is 1. The number of nitrogens with zero attached hydrogens (tertiary/aromatic N) is 2. The first-order valence-electron chi connectivity index (χ1n) is 8.77. The Morgan fingerprint density at radius 1 is 1.10 bits per heavy atom. The molecule has 0 spiro atoms. The Balaban J connectivity index is 1.67. The Bertz CT molecular complexity index is 1270. The molecule has 0 atom stereocenters. The molecule has 2 heterocycles. The molecule has 0 fully saturated rings. The Kier molecular flexibility index (Phi) is 5.15. The number of hydrogen-bond donors (Lipinski definition) is 3. The summed E-state index contributed by atoms with van der Waals surface area (Å²) in [6.07, 6.45) is -3.11. The van der Waals surface area contributed by atoms with Crippen molar-refractivity contribution in [1.82, 2.24) is 10.1 Å². The summed E-state index contributed by atoms with van der Waals surface area (Å²) >= 11 is 6.20. The number of pyridine rings is 1. The largest absolute Gasteiger partial charge is 0.416 e. The van der Waals surface area contributed by atoms with Crippen LogP contribution in [0.5, 0.6) is 0 Å². The zero-order valence-electron chi connectivity index (χ0n) is 15.5. The van der Waals surface area contributed by atoms with Crippen LogP contribution in [0.15, 0.2) is 59.3 Å². The first kappa shape index (κ1) is 20.5. The number of benzene rings is 2. The van der Waals surface area contributed by atoms with Crippen molar-refractivity contribution in [2.24, 2.45) is 0 Å². The minimum absolute atomic E-state index is 0.0144. The number of nitrogen functional groups attached to an aromatic ring is 1. The van der Waals surface area contributed by atoms with Gasteiger partial charge < -0.3 is 20.9 Å². The van der Waals surface area contributed by atoms with Crippen molar-refractivity contribution in [1.29, 1.82) is 0 Å². The fourth-order valence-corrected chi connectivity index (χ4v) is 3.10. The monoisotopic (exact) mass is 447 g/mol. The Morgan fingerprint density at radius 2 is 1.90 bits per heavy atom. The fraction of sp³-hybridized carbons (Fsp3) is 0.0500. The first-order valence-corrected chi connectivity index (χ1v) is 9.15. The highest BCUT2D eigenvalue weighted by Crippen LogP contribution is 2.35. The second-order valence-electron chi connectivity index (χ2n) is 6.46. The molecule has 1 amide bonds. The van der Waals surface area contributed by atoms with Crippen LogP contribution in [0.3, 0.4) is 0 Å². The molecule has 0 saturated carbocycles. The maximum atomic E-state index is 13.0. The lowest BCUT2D eigenvalue weighted by atomic mass is 10.1. The summed E-state index contributed by atoms with van der Waals surface area (Å²) in [5, 5.41) is 9.72. The summed E-state index contributed by atoms with van der Waals surface area (Å²) in [7, 11) is 0. The standard InChI is InChI=1S/C20H13ClF3N5O2/c21-14-6-5-13-17(16(14)19(30)28-12-4-7-15(25)26-9-12)31-29-18(13)27-11-3-1-2-10(8-11)20(22,23)24/h1-9H,(H2,25,26)(H,27,29)(H,28,30). The summed E-state index contributed by atoms with van der Waals surface area (Å²) in [5.41, 5.74) is 5.34. The highest BCUT2D eigenvalue weighted by Gasteiger charge is 2.30. The molecule has 0 unspecified atom stereocenters. The lowest BCUT2D eigenvalue weighted by molar-refractivity contribution is -0.137. The van der Waals surface area contributed by atoms with Gasteiger partial charge in [0.15, 0.2) is 11.4 Å². The Labute approximate surface area is 178 Å². The van der Waals surface area contributed by atoms with E-state index in [1.165, 1.54) is 30.5 Å². The van der Waals surface area contributed by atoms with Crippen molar-refractivity contribution in [2.75, 3.05) is 16.4 Å². The number of alkyl halides is 3. The Hall–Kier alpha value is -3.79. The highest BCUT2D eigenvalue weighted by molar-refractivity contribution is 6.36. The molecule has 2 aromatic heterocycles. The molecular weight excluding hydrogens is 435 g/mol. The number of amides is 1. The van der Waals surface area contributed by atoms with Crippen LogP contribution < -0.4 is 16.4 Å². The van der Waals surface area contributed by atoms with Crippen LogP contribution >= 0.6 is 11.6 Å². The molecule has 0 saturated heterocycles. The van der Waals surface area contributed by atoms with Crippen molar-refractivity contribution >= 4 is 51.5 Å². The van der Waals surface area contributed by atoms with Crippen molar-refractivity contribution in [3.8, 4) is 0 Å². The fourth-order valence-electron chi connectivity index (χ4n) is 2.86. The summed E-state index contributed by atoms with van der Waals surface area (Å²) in [6, 6.07) is 10.7. The number of aromatic nitrogens is 2. The predicted molar refractivity (Wildman–Crippen MR) is 110 cm³/mol. The zero-order chi connectivity index (χ0) is 22.2. The van der Waals surface area contributed by atoms with E-state index in [2.05, 4.69) is 20.8 Å². The molecular formula is C20H13ClF3N5O2. The Morgan fingerprint density at radius 3 is 2.61 bits per heavy atom.